The lowest BCUT2D eigenvalue weighted by Crippen LogP contribution is -2.60. The topological polar surface area (TPSA) is 81.9 Å². The van der Waals surface area contributed by atoms with Crippen molar-refractivity contribution in [3.05, 3.63) is 63.6 Å². The maximum Gasteiger partial charge on any atom is 0.245 e. The molecule has 2 atom stereocenters. The van der Waals surface area contributed by atoms with Crippen LogP contribution in [-0.2, 0) is 16.0 Å². The van der Waals surface area contributed by atoms with Crippen LogP contribution in [0.5, 0.6) is 0 Å². The van der Waals surface area contributed by atoms with Crippen molar-refractivity contribution < 1.29 is 9.59 Å². The molecule has 200 valence electrons. The summed E-state index contributed by atoms with van der Waals surface area (Å²) >= 11 is 12.5. The molecule has 2 amide bonds. The largest absolute Gasteiger partial charge is 0.368 e. The number of rotatable bonds is 8. The van der Waals surface area contributed by atoms with E-state index < -0.39 is 6.04 Å². The van der Waals surface area contributed by atoms with Crippen molar-refractivity contribution in [2.45, 2.75) is 38.8 Å². The number of hydrogen-bond acceptors (Lipinski definition) is 5. The van der Waals surface area contributed by atoms with Gasteiger partial charge in [-0.05, 0) is 41.7 Å². The van der Waals surface area contributed by atoms with Crippen molar-refractivity contribution >= 4 is 40.7 Å². The van der Waals surface area contributed by atoms with E-state index in [1.54, 1.807) is 17.0 Å². The van der Waals surface area contributed by atoms with Crippen LogP contribution in [0.25, 0.3) is 0 Å². The predicted octanol–water partition coefficient (Wildman–Crippen LogP) is 3.73. The second-order valence-electron chi connectivity index (χ2n) is 10.3. The molecule has 1 unspecified atom stereocenters. The van der Waals surface area contributed by atoms with Crippen molar-refractivity contribution in [2.24, 2.45) is 11.7 Å². The van der Waals surface area contributed by atoms with E-state index in [2.05, 4.69) is 36.2 Å². The molecular formula is C28H37Cl2N5O2. The minimum atomic E-state index is -0.605. The zero-order chi connectivity index (χ0) is 26.5. The smallest absolute Gasteiger partial charge is 0.245 e. The number of piperazine rings is 2. The summed E-state index contributed by atoms with van der Waals surface area (Å²) in [5.41, 5.74) is 9.66. The minimum Gasteiger partial charge on any atom is -0.368 e. The Balaban J connectivity index is 1.49. The molecule has 2 aliphatic rings. The van der Waals surface area contributed by atoms with Crippen LogP contribution in [0.15, 0.2) is 42.5 Å². The molecule has 4 rings (SSSR count). The molecule has 0 saturated carbocycles. The van der Waals surface area contributed by atoms with Gasteiger partial charge in [0.15, 0.2) is 0 Å². The summed E-state index contributed by atoms with van der Waals surface area (Å²) in [5.74, 6) is 0.406. The van der Waals surface area contributed by atoms with Crippen LogP contribution in [0, 0.1) is 5.92 Å². The number of hydrogen-bond donors (Lipinski definition) is 2. The van der Waals surface area contributed by atoms with E-state index in [4.69, 9.17) is 28.9 Å². The lowest BCUT2D eigenvalue weighted by atomic mass is 9.96. The van der Waals surface area contributed by atoms with E-state index in [0.29, 0.717) is 61.7 Å². The second kappa shape index (κ2) is 12.5. The summed E-state index contributed by atoms with van der Waals surface area (Å²) < 4.78 is 0. The molecule has 2 heterocycles. The first-order valence-electron chi connectivity index (χ1n) is 13.1. The van der Waals surface area contributed by atoms with Gasteiger partial charge in [0.1, 0.15) is 6.04 Å². The average Bonchev–Trinajstić information content (AvgIpc) is 2.88. The maximum atomic E-state index is 13.9. The van der Waals surface area contributed by atoms with Crippen molar-refractivity contribution in [3.63, 3.8) is 0 Å². The van der Waals surface area contributed by atoms with Crippen LogP contribution < -0.4 is 16.0 Å². The van der Waals surface area contributed by atoms with E-state index in [1.165, 1.54) is 0 Å². The number of carbonyl (C=O) groups excluding carboxylic acids is 2. The Morgan fingerprint density at radius 1 is 1.05 bits per heavy atom. The van der Waals surface area contributed by atoms with Gasteiger partial charge >= 0.3 is 0 Å². The normalized spacial score (nSPS) is 18.3. The van der Waals surface area contributed by atoms with Crippen LogP contribution in [0.2, 0.25) is 10.0 Å². The third-order valence-electron chi connectivity index (χ3n) is 7.21. The molecule has 2 fully saturated rings. The molecular weight excluding hydrogens is 509 g/mol. The van der Waals surface area contributed by atoms with Crippen LogP contribution in [-0.4, -0.2) is 73.5 Å². The Labute approximate surface area is 229 Å². The minimum absolute atomic E-state index is 0.0249. The fourth-order valence-corrected chi connectivity index (χ4v) is 5.77. The number of nitrogens with two attached hydrogens (primary N) is 1. The molecule has 0 spiro atoms. The van der Waals surface area contributed by atoms with Crippen molar-refractivity contribution in [1.82, 2.24) is 15.1 Å². The molecule has 3 N–H and O–H groups in total. The molecule has 37 heavy (non-hydrogen) atoms. The fraction of sp³-hybridized carbons (Fsp3) is 0.500. The number of halogens is 2. The van der Waals surface area contributed by atoms with E-state index >= 15 is 0 Å². The number of para-hydroxylation sites is 1. The third kappa shape index (κ3) is 6.77. The van der Waals surface area contributed by atoms with Crippen molar-refractivity contribution in [2.75, 3.05) is 50.7 Å². The number of nitrogens with one attached hydrogen (secondary N) is 1. The molecule has 2 aliphatic heterocycles. The molecule has 0 bridgehead atoms. The molecule has 2 aromatic carbocycles. The monoisotopic (exact) mass is 545 g/mol. The third-order valence-corrected chi connectivity index (χ3v) is 7.80. The Morgan fingerprint density at radius 2 is 1.78 bits per heavy atom. The van der Waals surface area contributed by atoms with Gasteiger partial charge in [-0.1, -0.05) is 61.3 Å². The molecule has 0 aromatic heterocycles. The summed E-state index contributed by atoms with van der Waals surface area (Å²) in [6.07, 6.45) is 1.27. The van der Waals surface area contributed by atoms with Gasteiger partial charge in [-0.15, -0.1) is 0 Å². The highest BCUT2D eigenvalue weighted by atomic mass is 35.5. The standard InChI is InChI=1S/C28H37Cl2N5O2/c1-19(2)15-24(31)22-5-3-4-6-25(22)33-11-13-34(14-12-33)28(37)26(35-10-9-32-18-27(35)36)16-20-7-8-21(29)17-23(20)30/h3-8,17,19,24,26,32H,9-16,18,31H2,1-2H3/t24-,26?/m1/s1. The highest BCUT2D eigenvalue weighted by Crippen LogP contribution is 2.30. The van der Waals surface area contributed by atoms with Gasteiger partial charge in [0.25, 0.3) is 0 Å². The molecule has 0 aliphatic carbocycles. The van der Waals surface area contributed by atoms with Gasteiger partial charge in [-0.25, -0.2) is 0 Å². The molecule has 2 aromatic rings. The summed E-state index contributed by atoms with van der Waals surface area (Å²) in [7, 11) is 0. The summed E-state index contributed by atoms with van der Waals surface area (Å²) in [4.78, 5) is 32.6. The first-order chi connectivity index (χ1) is 17.7. The van der Waals surface area contributed by atoms with Gasteiger partial charge in [0, 0.05) is 67.5 Å². The summed E-state index contributed by atoms with van der Waals surface area (Å²) in [6.45, 7) is 8.33. The Bertz CT molecular complexity index is 1100. The highest BCUT2D eigenvalue weighted by Gasteiger charge is 2.36. The van der Waals surface area contributed by atoms with Crippen molar-refractivity contribution in [3.8, 4) is 0 Å². The molecule has 7 nitrogen and oxygen atoms in total. The number of amides is 2. The zero-order valence-electron chi connectivity index (χ0n) is 21.6. The van der Waals surface area contributed by atoms with Crippen LogP contribution in [0.1, 0.15) is 37.4 Å². The molecule has 2 saturated heterocycles. The second-order valence-corrected chi connectivity index (χ2v) is 11.2. The zero-order valence-corrected chi connectivity index (χ0v) is 23.1. The van der Waals surface area contributed by atoms with Crippen molar-refractivity contribution in [1.29, 1.82) is 0 Å². The first-order valence-corrected chi connectivity index (χ1v) is 13.8. The number of carbonyl (C=O) groups is 2. The molecule has 9 heteroatoms. The van der Waals surface area contributed by atoms with Gasteiger partial charge in [-0.2, -0.15) is 0 Å². The van der Waals surface area contributed by atoms with E-state index in [-0.39, 0.29) is 24.4 Å². The van der Waals surface area contributed by atoms with Crippen LogP contribution in [0.4, 0.5) is 5.69 Å². The van der Waals surface area contributed by atoms with Gasteiger partial charge in [-0.3, -0.25) is 9.59 Å². The number of benzene rings is 2. The number of nitrogens with zero attached hydrogens (tertiary/aromatic N) is 3. The van der Waals surface area contributed by atoms with E-state index in [0.717, 1.165) is 23.2 Å². The Hall–Kier alpha value is -2.32. The quantitative estimate of drug-likeness (QED) is 0.528. The molecule has 0 radical (unpaired) electrons. The van der Waals surface area contributed by atoms with E-state index in [9.17, 15) is 9.59 Å². The van der Waals surface area contributed by atoms with Crippen LogP contribution >= 0.6 is 23.2 Å². The Morgan fingerprint density at radius 3 is 2.46 bits per heavy atom. The Kier molecular flexibility index (Phi) is 9.35. The fourth-order valence-electron chi connectivity index (χ4n) is 5.28. The predicted molar refractivity (Wildman–Crippen MR) is 150 cm³/mol. The average molecular weight is 547 g/mol. The lowest BCUT2D eigenvalue weighted by Gasteiger charge is -2.41. The van der Waals surface area contributed by atoms with E-state index in [1.807, 2.05) is 23.1 Å². The maximum absolute atomic E-state index is 13.9. The van der Waals surface area contributed by atoms with Gasteiger partial charge in [0.2, 0.25) is 11.8 Å². The first kappa shape index (κ1) is 27.7. The lowest BCUT2D eigenvalue weighted by molar-refractivity contribution is -0.146. The summed E-state index contributed by atoms with van der Waals surface area (Å²) in [5, 5.41) is 4.14. The van der Waals surface area contributed by atoms with Gasteiger partial charge in [0.05, 0.1) is 6.54 Å². The SMILES string of the molecule is CC(C)C[C@@H](N)c1ccccc1N1CCN(C(=O)C(Cc2ccc(Cl)cc2Cl)N2CCNCC2=O)CC1. The van der Waals surface area contributed by atoms with Gasteiger partial charge < -0.3 is 25.8 Å². The van der Waals surface area contributed by atoms with Crippen LogP contribution in [0.3, 0.4) is 0 Å². The number of anilines is 1. The highest BCUT2D eigenvalue weighted by molar-refractivity contribution is 6.35. The summed E-state index contributed by atoms with van der Waals surface area (Å²) in [6, 6.07) is 13.0.